The Labute approximate surface area is 102 Å². The quantitative estimate of drug-likeness (QED) is 0.875. The number of aromatic nitrogens is 1. The van der Waals surface area contributed by atoms with Crippen LogP contribution in [0.15, 0.2) is 42.7 Å². The van der Waals surface area contributed by atoms with Crippen molar-refractivity contribution in [2.45, 2.75) is 12.5 Å². The third kappa shape index (κ3) is 2.88. The number of hydrogen-bond acceptors (Lipinski definition) is 2. The Morgan fingerprint density at radius 2 is 1.94 bits per heavy atom. The maximum absolute atomic E-state index is 6.17. The highest BCUT2D eigenvalue weighted by molar-refractivity contribution is 5.29. The summed E-state index contributed by atoms with van der Waals surface area (Å²) in [5.41, 5.74) is 8.56. The molecule has 2 N–H and O–H groups in total. The first-order chi connectivity index (χ1) is 8.19. The third-order valence-corrected chi connectivity index (χ3v) is 2.90. The number of methoxy groups -OCH3 is 1. The SMILES string of the molecule is COc1ccc(CC(N)c2ccn(C)c2)cc1. The topological polar surface area (TPSA) is 40.2 Å². The van der Waals surface area contributed by atoms with E-state index in [9.17, 15) is 0 Å². The van der Waals surface area contributed by atoms with Gasteiger partial charge in [0.05, 0.1) is 7.11 Å². The van der Waals surface area contributed by atoms with Gasteiger partial charge in [-0.1, -0.05) is 12.1 Å². The molecule has 0 fully saturated rings. The van der Waals surface area contributed by atoms with Crippen LogP contribution in [0.5, 0.6) is 5.75 Å². The summed E-state index contributed by atoms with van der Waals surface area (Å²) in [6, 6.07) is 10.2. The molecular weight excluding hydrogens is 212 g/mol. The molecule has 1 aromatic carbocycles. The number of nitrogens with two attached hydrogens (primary N) is 1. The molecule has 0 aliphatic heterocycles. The molecule has 0 spiro atoms. The van der Waals surface area contributed by atoms with Crippen LogP contribution in [-0.2, 0) is 13.5 Å². The second-order valence-corrected chi connectivity index (χ2v) is 4.27. The summed E-state index contributed by atoms with van der Waals surface area (Å²) in [5, 5.41) is 0. The van der Waals surface area contributed by atoms with Crippen LogP contribution in [0.2, 0.25) is 0 Å². The van der Waals surface area contributed by atoms with Crippen molar-refractivity contribution in [3.05, 3.63) is 53.9 Å². The van der Waals surface area contributed by atoms with Gasteiger partial charge in [0.2, 0.25) is 0 Å². The summed E-state index contributed by atoms with van der Waals surface area (Å²) in [7, 11) is 3.67. The fourth-order valence-corrected chi connectivity index (χ4v) is 1.88. The van der Waals surface area contributed by atoms with E-state index in [2.05, 4.69) is 24.4 Å². The zero-order valence-corrected chi connectivity index (χ0v) is 10.3. The van der Waals surface area contributed by atoms with Crippen LogP contribution in [0.4, 0.5) is 0 Å². The number of benzene rings is 1. The number of rotatable bonds is 4. The molecule has 0 saturated heterocycles. The molecule has 0 radical (unpaired) electrons. The maximum Gasteiger partial charge on any atom is 0.118 e. The van der Waals surface area contributed by atoms with E-state index in [0.29, 0.717) is 0 Å². The molecule has 3 nitrogen and oxygen atoms in total. The summed E-state index contributed by atoms with van der Waals surface area (Å²) in [6.07, 6.45) is 4.92. The molecule has 1 aromatic heterocycles. The van der Waals surface area contributed by atoms with Crippen LogP contribution in [-0.4, -0.2) is 11.7 Å². The van der Waals surface area contributed by atoms with Crippen molar-refractivity contribution in [2.75, 3.05) is 7.11 Å². The minimum absolute atomic E-state index is 0.0459. The second kappa shape index (κ2) is 5.06. The summed E-state index contributed by atoms with van der Waals surface area (Å²) < 4.78 is 7.14. The van der Waals surface area contributed by atoms with Gasteiger partial charge in [0.1, 0.15) is 5.75 Å². The molecule has 2 rings (SSSR count). The highest BCUT2D eigenvalue weighted by Gasteiger charge is 2.08. The van der Waals surface area contributed by atoms with Gasteiger partial charge in [-0.25, -0.2) is 0 Å². The third-order valence-electron chi connectivity index (χ3n) is 2.90. The molecule has 0 amide bonds. The number of hydrogen-bond donors (Lipinski definition) is 1. The lowest BCUT2D eigenvalue weighted by Gasteiger charge is -2.10. The Morgan fingerprint density at radius 1 is 1.24 bits per heavy atom. The van der Waals surface area contributed by atoms with Gasteiger partial charge in [-0.3, -0.25) is 0 Å². The van der Waals surface area contributed by atoms with E-state index in [1.54, 1.807) is 7.11 Å². The number of ether oxygens (including phenoxy) is 1. The normalized spacial score (nSPS) is 12.4. The van der Waals surface area contributed by atoms with Crippen LogP contribution in [0.25, 0.3) is 0 Å². The molecular formula is C14H18N2O. The minimum Gasteiger partial charge on any atom is -0.497 e. The largest absolute Gasteiger partial charge is 0.497 e. The van der Waals surface area contributed by atoms with E-state index in [1.165, 1.54) is 11.1 Å². The Hall–Kier alpha value is -1.74. The molecule has 1 atom stereocenters. The lowest BCUT2D eigenvalue weighted by atomic mass is 10.0. The highest BCUT2D eigenvalue weighted by Crippen LogP contribution is 2.18. The average Bonchev–Trinajstić information content (AvgIpc) is 2.77. The first-order valence-corrected chi connectivity index (χ1v) is 5.69. The molecule has 17 heavy (non-hydrogen) atoms. The van der Waals surface area contributed by atoms with E-state index in [-0.39, 0.29) is 6.04 Å². The van der Waals surface area contributed by atoms with Crippen molar-refractivity contribution in [2.24, 2.45) is 12.8 Å². The van der Waals surface area contributed by atoms with Gasteiger partial charge in [-0.2, -0.15) is 0 Å². The molecule has 1 heterocycles. The summed E-state index contributed by atoms with van der Waals surface area (Å²) >= 11 is 0. The lowest BCUT2D eigenvalue weighted by molar-refractivity contribution is 0.414. The van der Waals surface area contributed by atoms with Crippen LogP contribution in [0.1, 0.15) is 17.2 Å². The Balaban J connectivity index is 2.04. The first-order valence-electron chi connectivity index (χ1n) is 5.69. The van der Waals surface area contributed by atoms with Gasteiger partial charge < -0.3 is 15.0 Å². The fraction of sp³-hybridized carbons (Fsp3) is 0.286. The molecule has 0 aliphatic carbocycles. The van der Waals surface area contributed by atoms with Crippen molar-refractivity contribution in [3.8, 4) is 5.75 Å². The van der Waals surface area contributed by atoms with Crippen molar-refractivity contribution >= 4 is 0 Å². The van der Waals surface area contributed by atoms with Crippen molar-refractivity contribution in [1.29, 1.82) is 0 Å². The predicted octanol–water partition coefficient (Wildman–Crippen LogP) is 2.28. The number of nitrogens with zero attached hydrogens (tertiary/aromatic N) is 1. The first kappa shape index (κ1) is 11.7. The lowest BCUT2D eigenvalue weighted by Crippen LogP contribution is -2.12. The van der Waals surface area contributed by atoms with Gasteiger partial charge in [0.15, 0.2) is 0 Å². The van der Waals surface area contributed by atoms with Crippen LogP contribution < -0.4 is 10.5 Å². The van der Waals surface area contributed by atoms with Crippen molar-refractivity contribution in [1.82, 2.24) is 4.57 Å². The van der Waals surface area contributed by atoms with Crippen LogP contribution >= 0.6 is 0 Å². The van der Waals surface area contributed by atoms with Crippen molar-refractivity contribution in [3.63, 3.8) is 0 Å². The summed E-state index contributed by atoms with van der Waals surface area (Å²) in [6.45, 7) is 0. The van der Waals surface area contributed by atoms with E-state index < -0.39 is 0 Å². The van der Waals surface area contributed by atoms with Crippen LogP contribution in [0.3, 0.4) is 0 Å². The molecule has 0 bridgehead atoms. The van der Waals surface area contributed by atoms with E-state index >= 15 is 0 Å². The molecule has 0 aliphatic rings. The van der Waals surface area contributed by atoms with Crippen LogP contribution in [0, 0.1) is 0 Å². The van der Waals surface area contributed by atoms with E-state index in [4.69, 9.17) is 10.5 Å². The zero-order valence-electron chi connectivity index (χ0n) is 10.3. The molecule has 90 valence electrons. The molecule has 2 aromatic rings. The minimum atomic E-state index is 0.0459. The summed E-state index contributed by atoms with van der Waals surface area (Å²) in [4.78, 5) is 0. The van der Waals surface area contributed by atoms with E-state index in [0.717, 1.165) is 12.2 Å². The highest BCUT2D eigenvalue weighted by atomic mass is 16.5. The zero-order chi connectivity index (χ0) is 12.3. The van der Waals surface area contributed by atoms with Gasteiger partial charge in [0, 0.05) is 25.5 Å². The molecule has 3 heteroatoms. The Bertz CT molecular complexity index is 473. The van der Waals surface area contributed by atoms with Gasteiger partial charge in [-0.05, 0) is 35.7 Å². The van der Waals surface area contributed by atoms with Crippen molar-refractivity contribution < 1.29 is 4.74 Å². The Kier molecular flexibility index (Phi) is 3.49. The monoisotopic (exact) mass is 230 g/mol. The maximum atomic E-state index is 6.17. The smallest absolute Gasteiger partial charge is 0.118 e. The van der Waals surface area contributed by atoms with E-state index in [1.807, 2.05) is 29.9 Å². The average molecular weight is 230 g/mol. The molecule has 1 unspecified atom stereocenters. The van der Waals surface area contributed by atoms with Gasteiger partial charge in [-0.15, -0.1) is 0 Å². The van der Waals surface area contributed by atoms with Gasteiger partial charge >= 0.3 is 0 Å². The Morgan fingerprint density at radius 3 is 2.47 bits per heavy atom. The molecule has 0 saturated carbocycles. The number of aryl methyl sites for hydroxylation is 1. The summed E-state index contributed by atoms with van der Waals surface area (Å²) in [5.74, 6) is 0.877. The predicted molar refractivity (Wildman–Crippen MR) is 69.0 cm³/mol. The fourth-order valence-electron chi connectivity index (χ4n) is 1.88. The second-order valence-electron chi connectivity index (χ2n) is 4.27. The van der Waals surface area contributed by atoms with Gasteiger partial charge in [0.25, 0.3) is 0 Å². The standard InChI is InChI=1S/C14H18N2O/c1-16-8-7-12(10-16)14(15)9-11-3-5-13(17-2)6-4-11/h3-8,10,14H,9,15H2,1-2H3.